The molecule has 0 aromatic heterocycles. The number of carbonyl (C=O) groups is 2. The minimum Gasteiger partial charge on any atom is -0.457 e. The van der Waals surface area contributed by atoms with E-state index >= 15 is 0 Å². The molecule has 0 spiro atoms. The van der Waals surface area contributed by atoms with Gasteiger partial charge in [0, 0.05) is 18.2 Å². The molecule has 0 radical (unpaired) electrons. The monoisotopic (exact) mass is 419 g/mol. The zero-order valence-corrected chi connectivity index (χ0v) is 14.3. The van der Waals surface area contributed by atoms with Crippen molar-refractivity contribution < 1.29 is 42.3 Å². The summed E-state index contributed by atoms with van der Waals surface area (Å²) in [5, 5.41) is 19.0. The minimum absolute atomic E-state index is 0.141. The maximum Gasteiger partial charge on any atom is 0.417 e. The first-order chi connectivity index (χ1) is 13.0. The molecule has 0 aliphatic carbocycles. The number of benzene rings is 2. The van der Waals surface area contributed by atoms with E-state index in [9.17, 15) is 32.9 Å². The van der Waals surface area contributed by atoms with E-state index in [1.165, 1.54) is 0 Å². The van der Waals surface area contributed by atoms with Crippen LogP contribution in [0.15, 0.2) is 36.4 Å². The third kappa shape index (κ3) is 4.96. The Hall–Kier alpha value is -3.18. The normalized spacial score (nSPS) is 11.0. The van der Waals surface area contributed by atoms with E-state index in [0.29, 0.717) is 6.07 Å². The number of ether oxygens (including phenoxy) is 2. The van der Waals surface area contributed by atoms with Crippen LogP contribution in [0.2, 0.25) is 5.02 Å². The second-order valence-electron chi connectivity index (χ2n) is 5.10. The summed E-state index contributed by atoms with van der Waals surface area (Å²) in [6.45, 7) is -1.13. The van der Waals surface area contributed by atoms with Crippen molar-refractivity contribution in [3.05, 3.63) is 62.7 Å². The van der Waals surface area contributed by atoms with Crippen molar-refractivity contribution in [2.45, 2.75) is 6.18 Å². The maximum absolute atomic E-state index is 12.7. The highest BCUT2D eigenvalue weighted by Gasteiger charge is 2.33. The number of hydrogen-bond donors (Lipinski definition) is 1. The number of halogens is 4. The highest BCUT2D eigenvalue weighted by molar-refractivity contribution is 6.31. The Kier molecular flexibility index (Phi) is 6.21. The van der Waals surface area contributed by atoms with E-state index in [2.05, 4.69) is 4.74 Å². The van der Waals surface area contributed by atoms with Crippen molar-refractivity contribution in [3.63, 3.8) is 0 Å². The standard InChI is InChI=1S/C16H9ClF3NO7/c17-12-6-9(1-3-11(12)16(18,19)20)27-8-2-4-13(21(25)26)10(5-8)15(24)28-14(23)7-22/h1-6,22H,7H2. The summed E-state index contributed by atoms with van der Waals surface area (Å²) in [6.07, 6.45) is -4.67. The predicted octanol–water partition coefficient (Wildman–Crippen LogP) is 3.74. The van der Waals surface area contributed by atoms with Crippen molar-refractivity contribution in [1.29, 1.82) is 0 Å². The first kappa shape index (κ1) is 21.1. The number of alkyl halides is 3. The molecule has 28 heavy (non-hydrogen) atoms. The van der Waals surface area contributed by atoms with E-state index in [4.69, 9.17) is 21.4 Å². The Balaban J connectivity index is 2.36. The molecule has 0 atom stereocenters. The molecule has 2 aromatic carbocycles. The van der Waals surface area contributed by atoms with Crippen LogP contribution in [0.5, 0.6) is 11.5 Å². The van der Waals surface area contributed by atoms with Crippen LogP contribution in [-0.4, -0.2) is 28.6 Å². The topological polar surface area (TPSA) is 116 Å². The molecule has 0 amide bonds. The van der Waals surface area contributed by atoms with E-state index in [1.807, 2.05) is 0 Å². The van der Waals surface area contributed by atoms with Gasteiger partial charge in [0.15, 0.2) is 0 Å². The Morgan fingerprint density at radius 2 is 1.75 bits per heavy atom. The second-order valence-corrected chi connectivity index (χ2v) is 5.50. The Labute approximate surface area is 159 Å². The molecule has 1 N–H and O–H groups in total. The second kappa shape index (κ2) is 8.23. The molecule has 0 aliphatic heterocycles. The molecule has 0 unspecified atom stereocenters. The SMILES string of the molecule is O=C(CO)OC(=O)c1cc(Oc2ccc(C(F)(F)F)c(Cl)c2)ccc1[N+](=O)[O-]. The van der Waals surface area contributed by atoms with Crippen LogP contribution in [0.4, 0.5) is 18.9 Å². The van der Waals surface area contributed by atoms with Crippen LogP contribution in [0.25, 0.3) is 0 Å². The zero-order valence-electron chi connectivity index (χ0n) is 13.5. The number of nitro groups is 1. The van der Waals surface area contributed by atoms with Crippen molar-refractivity contribution in [2.24, 2.45) is 0 Å². The number of carbonyl (C=O) groups excluding carboxylic acids is 2. The fraction of sp³-hybridized carbons (Fsp3) is 0.125. The highest BCUT2D eigenvalue weighted by atomic mass is 35.5. The molecule has 0 fully saturated rings. The minimum atomic E-state index is -4.67. The number of hydrogen-bond acceptors (Lipinski definition) is 7. The van der Waals surface area contributed by atoms with Gasteiger partial charge in [-0.05, 0) is 18.2 Å². The van der Waals surface area contributed by atoms with E-state index < -0.39 is 51.5 Å². The smallest absolute Gasteiger partial charge is 0.417 e. The number of esters is 2. The predicted molar refractivity (Wildman–Crippen MR) is 87.1 cm³/mol. The molecule has 0 aliphatic rings. The van der Waals surface area contributed by atoms with Crippen molar-refractivity contribution in [3.8, 4) is 11.5 Å². The molecule has 8 nitrogen and oxygen atoms in total. The van der Waals surface area contributed by atoms with Crippen LogP contribution in [0.3, 0.4) is 0 Å². The number of aliphatic hydroxyl groups excluding tert-OH is 1. The lowest BCUT2D eigenvalue weighted by Gasteiger charge is -2.11. The molecule has 0 bridgehead atoms. The van der Waals surface area contributed by atoms with Gasteiger partial charge in [-0.25, -0.2) is 9.59 Å². The summed E-state index contributed by atoms with van der Waals surface area (Å²) in [7, 11) is 0. The summed E-state index contributed by atoms with van der Waals surface area (Å²) < 4.78 is 47.6. The first-order valence-electron chi connectivity index (χ1n) is 7.22. The number of nitro benzene ring substituents is 1. The van der Waals surface area contributed by atoms with Crippen molar-refractivity contribution in [1.82, 2.24) is 0 Å². The van der Waals surface area contributed by atoms with Gasteiger partial charge < -0.3 is 14.6 Å². The van der Waals surface area contributed by atoms with Gasteiger partial charge in [0.1, 0.15) is 23.7 Å². The highest BCUT2D eigenvalue weighted by Crippen LogP contribution is 2.37. The largest absolute Gasteiger partial charge is 0.457 e. The molecule has 0 heterocycles. The lowest BCUT2D eigenvalue weighted by atomic mass is 10.1. The number of aliphatic hydroxyl groups is 1. The molecule has 2 rings (SSSR count). The van der Waals surface area contributed by atoms with Gasteiger partial charge in [0.2, 0.25) is 0 Å². The summed E-state index contributed by atoms with van der Waals surface area (Å²) in [5.74, 6) is -3.07. The molecular weight excluding hydrogens is 411 g/mol. The van der Waals surface area contributed by atoms with Gasteiger partial charge in [-0.2, -0.15) is 13.2 Å². The summed E-state index contributed by atoms with van der Waals surface area (Å²) in [4.78, 5) is 33.0. The van der Waals surface area contributed by atoms with Crippen molar-refractivity contribution in [2.75, 3.05) is 6.61 Å². The van der Waals surface area contributed by atoms with Gasteiger partial charge in [-0.15, -0.1) is 0 Å². The van der Waals surface area contributed by atoms with Crippen LogP contribution < -0.4 is 4.74 Å². The zero-order chi connectivity index (χ0) is 21.1. The summed E-state index contributed by atoms with van der Waals surface area (Å²) >= 11 is 5.58. The molecule has 0 saturated carbocycles. The average Bonchev–Trinajstić information content (AvgIpc) is 2.60. The lowest BCUT2D eigenvalue weighted by molar-refractivity contribution is -0.385. The Morgan fingerprint density at radius 3 is 2.29 bits per heavy atom. The third-order valence-corrected chi connectivity index (χ3v) is 3.51. The van der Waals surface area contributed by atoms with Gasteiger partial charge in [-0.1, -0.05) is 11.6 Å². The number of nitrogens with zero attached hydrogens (tertiary/aromatic N) is 1. The summed E-state index contributed by atoms with van der Waals surface area (Å²) in [5.41, 5.74) is -2.46. The molecule has 0 saturated heterocycles. The molecular formula is C16H9ClF3NO7. The summed E-state index contributed by atoms with van der Waals surface area (Å²) in [6, 6.07) is 5.33. The Morgan fingerprint density at radius 1 is 1.14 bits per heavy atom. The molecule has 2 aromatic rings. The van der Waals surface area contributed by atoms with E-state index in [-0.39, 0.29) is 11.5 Å². The van der Waals surface area contributed by atoms with Crippen LogP contribution in [0, 0.1) is 10.1 Å². The quantitative estimate of drug-likeness (QED) is 0.339. The van der Waals surface area contributed by atoms with Gasteiger partial charge in [0.25, 0.3) is 5.69 Å². The van der Waals surface area contributed by atoms with E-state index in [0.717, 1.165) is 30.3 Å². The number of rotatable bonds is 5. The van der Waals surface area contributed by atoms with Crippen LogP contribution in [0.1, 0.15) is 15.9 Å². The molecule has 12 heteroatoms. The van der Waals surface area contributed by atoms with Gasteiger partial charge in [-0.3, -0.25) is 10.1 Å². The third-order valence-electron chi connectivity index (χ3n) is 3.20. The first-order valence-corrected chi connectivity index (χ1v) is 7.59. The Bertz CT molecular complexity index is 946. The average molecular weight is 420 g/mol. The van der Waals surface area contributed by atoms with Crippen LogP contribution >= 0.6 is 11.6 Å². The van der Waals surface area contributed by atoms with Crippen molar-refractivity contribution >= 4 is 29.2 Å². The fourth-order valence-corrected chi connectivity index (χ4v) is 2.29. The van der Waals surface area contributed by atoms with E-state index in [1.54, 1.807) is 0 Å². The lowest BCUT2D eigenvalue weighted by Crippen LogP contribution is -2.16. The molecule has 148 valence electrons. The van der Waals surface area contributed by atoms with Gasteiger partial charge in [0.05, 0.1) is 15.5 Å². The van der Waals surface area contributed by atoms with Crippen LogP contribution in [-0.2, 0) is 15.7 Å². The fourth-order valence-electron chi connectivity index (χ4n) is 2.02. The maximum atomic E-state index is 12.7. The van der Waals surface area contributed by atoms with Gasteiger partial charge >= 0.3 is 18.1 Å².